The van der Waals surface area contributed by atoms with E-state index in [0.717, 1.165) is 16.0 Å². The Morgan fingerprint density at radius 3 is 2.41 bits per heavy atom. The molecule has 0 spiro atoms. The van der Waals surface area contributed by atoms with Crippen LogP contribution >= 0.6 is 18.7 Å². The fourth-order valence-corrected chi connectivity index (χ4v) is 5.41. The number of benzene rings is 3. The zero-order chi connectivity index (χ0) is 22.7. The van der Waals surface area contributed by atoms with Crippen molar-refractivity contribution in [3.63, 3.8) is 0 Å². The molecule has 1 atom stereocenters. The molecule has 32 heavy (non-hydrogen) atoms. The van der Waals surface area contributed by atoms with Crippen LogP contribution in [-0.2, 0) is 4.57 Å². The molecule has 0 saturated carbocycles. The number of anilines is 2. The maximum absolute atomic E-state index is 12.8. The summed E-state index contributed by atoms with van der Waals surface area (Å²) in [6.07, 6.45) is 0.163. The van der Waals surface area contributed by atoms with Gasteiger partial charge in [-0.2, -0.15) is 0 Å². The second-order valence-electron chi connectivity index (χ2n) is 7.35. The smallest absolute Gasteiger partial charge is 0.255 e. The van der Waals surface area contributed by atoms with Crippen molar-refractivity contribution >= 4 is 41.3 Å². The minimum Gasteiger partial charge on any atom is -0.397 e. The van der Waals surface area contributed by atoms with Gasteiger partial charge in [0.15, 0.2) is 0 Å². The Labute approximate surface area is 191 Å². The van der Waals surface area contributed by atoms with Crippen LogP contribution in [0.5, 0.6) is 0 Å². The Bertz CT molecular complexity index is 1300. The van der Waals surface area contributed by atoms with Crippen LogP contribution in [-0.4, -0.2) is 17.0 Å². The number of nitrogens with one attached hydrogen (secondary N) is 1. The first-order chi connectivity index (χ1) is 15.4. The van der Waals surface area contributed by atoms with E-state index in [1.165, 1.54) is 0 Å². The number of hydrogen-bond acceptors (Lipinski definition) is 4. The third-order valence-electron chi connectivity index (χ3n) is 5.27. The van der Waals surface area contributed by atoms with Crippen LogP contribution in [0.1, 0.15) is 17.3 Å². The van der Waals surface area contributed by atoms with Crippen molar-refractivity contribution in [2.75, 3.05) is 17.2 Å². The number of carbonyl (C=O) groups is 1. The van der Waals surface area contributed by atoms with Crippen LogP contribution in [0.4, 0.5) is 11.4 Å². The number of nitrogen functional groups attached to an aromatic ring is 1. The summed E-state index contributed by atoms with van der Waals surface area (Å²) in [6, 6.07) is 23.6. The number of nitrogens with two attached hydrogens (primary N) is 1. The second kappa shape index (κ2) is 9.13. The Balaban J connectivity index is 1.58. The summed E-state index contributed by atoms with van der Waals surface area (Å²) in [6.45, 7) is 1.70. The predicted octanol–water partition coefficient (Wildman–Crippen LogP) is 5.83. The third kappa shape index (κ3) is 4.53. The second-order valence-corrected chi connectivity index (χ2v) is 10.8. The molecule has 4 rings (SSSR count). The average molecular weight is 463 g/mol. The van der Waals surface area contributed by atoms with Gasteiger partial charge in [-0.3, -0.25) is 9.36 Å². The topological polar surface area (TPSA) is 92.4 Å². The highest BCUT2D eigenvalue weighted by Gasteiger charge is 2.22. The maximum atomic E-state index is 12.8. The van der Waals surface area contributed by atoms with Crippen molar-refractivity contribution in [1.82, 2.24) is 0 Å². The highest BCUT2D eigenvalue weighted by Crippen LogP contribution is 2.42. The normalized spacial score (nSPS) is 12.8. The van der Waals surface area contributed by atoms with E-state index >= 15 is 0 Å². The lowest BCUT2D eigenvalue weighted by molar-refractivity contribution is 0.102. The van der Waals surface area contributed by atoms with Crippen molar-refractivity contribution in [1.29, 1.82) is 0 Å². The summed E-state index contributed by atoms with van der Waals surface area (Å²) in [5, 5.41) is 5.32. The van der Waals surface area contributed by atoms with Crippen LogP contribution in [0.2, 0.25) is 0 Å². The summed E-state index contributed by atoms with van der Waals surface area (Å²) < 4.78 is 12.6. The van der Waals surface area contributed by atoms with Crippen molar-refractivity contribution in [2.45, 2.75) is 6.92 Å². The molecule has 0 aliphatic rings. The van der Waals surface area contributed by atoms with Crippen molar-refractivity contribution in [3.05, 3.63) is 89.8 Å². The van der Waals surface area contributed by atoms with E-state index in [-0.39, 0.29) is 12.1 Å². The fraction of sp³-hybridized carbons (Fsp3) is 0.0800. The van der Waals surface area contributed by atoms with Gasteiger partial charge in [-0.1, -0.05) is 49.4 Å². The molecular formula is C25H23N2O3PS. The van der Waals surface area contributed by atoms with E-state index in [2.05, 4.69) is 5.32 Å². The molecule has 0 aliphatic heterocycles. The molecule has 1 unspecified atom stereocenters. The predicted molar refractivity (Wildman–Crippen MR) is 134 cm³/mol. The van der Waals surface area contributed by atoms with E-state index in [1.54, 1.807) is 60.7 Å². The van der Waals surface area contributed by atoms with Gasteiger partial charge in [0.1, 0.15) is 0 Å². The molecule has 0 bridgehead atoms. The Kier molecular flexibility index (Phi) is 6.28. The zero-order valence-electron chi connectivity index (χ0n) is 17.5. The molecule has 4 N–H and O–H groups in total. The number of carbonyl (C=O) groups excluding carboxylic acids is 1. The molecule has 1 amide bonds. The van der Waals surface area contributed by atoms with Crippen molar-refractivity contribution in [2.24, 2.45) is 0 Å². The first-order valence-corrected chi connectivity index (χ1v) is 12.9. The summed E-state index contributed by atoms with van der Waals surface area (Å²) in [4.78, 5) is 24.3. The largest absolute Gasteiger partial charge is 0.397 e. The lowest BCUT2D eigenvalue weighted by Gasteiger charge is -2.15. The molecule has 0 saturated heterocycles. The van der Waals surface area contributed by atoms with Gasteiger partial charge in [-0.15, -0.1) is 11.3 Å². The maximum Gasteiger partial charge on any atom is 0.255 e. The quantitative estimate of drug-likeness (QED) is 0.248. The first-order valence-electron chi connectivity index (χ1n) is 10.2. The third-order valence-corrected chi connectivity index (χ3v) is 8.19. The molecule has 0 aliphatic carbocycles. The summed E-state index contributed by atoms with van der Waals surface area (Å²) in [7, 11) is -3.43. The SMILES string of the molecule is CCP(=O)(O)c1ccccc1-c1ccc(C(=O)Nc2cc(-c3cccs3)ccc2N)cc1. The molecule has 5 nitrogen and oxygen atoms in total. The van der Waals surface area contributed by atoms with Crippen LogP contribution in [0.25, 0.3) is 21.6 Å². The molecule has 4 aromatic rings. The van der Waals surface area contributed by atoms with E-state index in [0.29, 0.717) is 27.8 Å². The molecule has 0 fully saturated rings. The number of amides is 1. The highest BCUT2D eigenvalue weighted by atomic mass is 32.1. The van der Waals surface area contributed by atoms with E-state index in [1.807, 2.05) is 41.8 Å². The monoisotopic (exact) mass is 462 g/mol. The Morgan fingerprint density at radius 2 is 1.72 bits per heavy atom. The number of hydrogen-bond donors (Lipinski definition) is 3. The van der Waals surface area contributed by atoms with E-state index < -0.39 is 7.37 Å². The van der Waals surface area contributed by atoms with Gasteiger partial charge < -0.3 is 15.9 Å². The minimum absolute atomic E-state index is 0.163. The standard InChI is InChI=1S/C25H23N2O3PS/c1-2-31(29,30)23-7-4-3-6-20(23)17-9-11-18(12-10-17)25(28)27-22-16-19(13-14-21(22)26)24-8-5-15-32-24/h3-16H,2,26H2,1H3,(H,27,28)(H,29,30). The first kappa shape index (κ1) is 22.0. The molecule has 0 radical (unpaired) electrons. The number of rotatable bonds is 6. The Morgan fingerprint density at radius 1 is 1.00 bits per heavy atom. The molecule has 3 aromatic carbocycles. The minimum atomic E-state index is -3.43. The van der Waals surface area contributed by atoms with Crippen molar-refractivity contribution < 1.29 is 14.3 Å². The van der Waals surface area contributed by atoms with Crippen LogP contribution < -0.4 is 16.4 Å². The van der Waals surface area contributed by atoms with Gasteiger partial charge in [0.05, 0.1) is 11.4 Å². The van der Waals surface area contributed by atoms with Crippen LogP contribution in [0, 0.1) is 0 Å². The molecule has 7 heteroatoms. The Hall–Kier alpha value is -3.18. The molecule has 162 valence electrons. The molecule has 1 aromatic heterocycles. The van der Waals surface area contributed by atoms with Crippen LogP contribution in [0.3, 0.4) is 0 Å². The van der Waals surface area contributed by atoms with Gasteiger partial charge in [0.25, 0.3) is 5.91 Å². The van der Waals surface area contributed by atoms with Gasteiger partial charge in [0, 0.05) is 21.9 Å². The highest BCUT2D eigenvalue weighted by molar-refractivity contribution is 7.66. The lowest BCUT2D eigenvalue weighted by atomic mass is 10.0. The average Bonchev–Trinajstić information content (AvgIpc) is 3.35. The van der Waals surface area contributed by atoms with E-state index in [4.69, 9.17) is 5.73 Å². The zero-order valence-corrected chi connectivity index (χ0v) is 19.2. The van der Waals surface area contributed by atoms with Gasteiger partial charge in [-0.05, 0) is 58.5 Å². The fourth-order valence-electron chi connectivity index (χ4n) is 3.45. The number of thiophene rings is 1. The molecule has 1 heterocycles. The van der Waals surface area contributed by atoms with Crippen LogP contribution in [0.15, 0.2) is 84.2 Å². The van der Waals surface area contributed by atoms with Gasteiger partial charge >= 0.3 is 0 Å². The lowest BCUT2D eigenvalue weighted by Crippen LogP contribution is -2.13. The van der Waals surface area contributed by atoms with Gasteiger partial charge in [-0.25, -0.2) is 0 Å². The van der Waals surface area contributed by atoms with E-state index in [9.17, 15) is 14.3 Å². The van der Waals surface area contributed by atoms with Gasteiger partial charge in [0.2, 0.25) is 7.37 Å². The summed E-state index contributed by atoms with van der Waals surface area (Å²) in [5.41, 5.74) is 10.0. The summed E-state index contributed by atoms with van der Waals surface area (Å²) >= 11 is 1.62. The summed E-state index contributed by atoms with van der Waals surface area (Å²) in [5.74, 6) is -0.277. The molecular weight excluding hydrogens is 439 g/mol. The van der Waals surface area contributed by atoms with Crippen molar-refractivity contribution in [3.8, 4) is 21.6 Å².